The van der Waals surface area contributed by atoms with Crippen molar-refractivity contribution in [3.05, 3.63) is 45.8 Å². The highest BCUT2D eigenvalue weighted by Gasteiger charge is 2.34. The quantitative estimate of drug-likeness (QED) is 0.690. The average molecular weight is 370 g/mol. The number of aromatic nitrogens is 2. The summed E-state index contributed by atoms with van der Waals surface area (Å²) in [5.41, 5.74) is 9.36. The Hall–Kier alpha value is -2.41. The zero-order valence-corrected chi connectivity index (χ0v) is 15.0. The molecule has 3 heterocycles. The van der Waals surface area contributed by atoms with Crippen molar-refractivity contribution in [3.8, 4) is 0 Å². The first-order chi connectivity index (χ1) is 12.6. The molecule has 0 saturated heterocycles. The van der Waals surface area contributed by atoms with Crippen LogP contribution in [-0.2, 0) is 24.2 Å². The summed E-state index contributed by atoms with van der Waals surface area (Å²) in [5, 5.41) is 1.42. The zero-order valence-electron chi connectivity index (χ0n) is 14.2. The van der Waals surface area contributed by atoms with Crippen molar-refractivity contribution in [1.82, 2.24) is 14.9 Å². The van der Waals surface area contributed by atoms with Gasteiger partial charge in [0.1, 0.15) is 5.82 Å². The Bertz CT molecular complexity index is 1020. The second-order valence-electron chi connectivity index (χ2n) is 7.06. The molecule has 2 aliphatic rings. The summed E-state index contributed by atoms with van der Waals surface area (Å²) in [6.45, 7) is 1.16. The molecule has 3 aromatic rings. The summed E-state index contributed by atoms with van der Waals surface area (Å²) < 4.78 is 14.1. The van der Waals surface area contributed by atoms with Gasteiger partial charge in [0, 0.05) is 41.0 Å². The van der Waals surface area contributed by atoms with Crippen LogP contribution >= 0.6 is 11.3 Å². The van der Waals surface area contributed by atoms with Crippen molar-refractivity contribution in [2.24, 2.45) is 0 Å². The Labute approximate surface area is 154 Å². The number of aromatic amines is 1. The number of carbonyl (C=O) groups is 1. The fourth-order valence-electron chi connectivity index (χ4n) is 4.29. The molecule has 1 aromatic carbocycles. The standard InChI is InChI=1S/C19H19FN4OS/c20-13-5-1-3-10-12-9-24(8-7-14(12)22-16(10)13)18(25)11-4-2-6-15-17(11)23-19(21)26-15/h1,3,5,11,22H,2,4,6-9H2,(H2,21,23). The molecule has 0 saturated carbocycles. The number of thiazole rings is 1. The molecule has 0 fully saturated rings. The predicted octanol–water partition coefficient (Wildman–Crippen LogP) is 3.35. The minimum absolute atomic E-state index is 0.118. The summed E-state index contributed by atoms with van der Waals surface area (Å²) in [7, 11) is 0. The normalized spacial score (nSPS) is 19.4. The molecule has 1 amide bonds. The van der Waals surface area contributed by atoms with Gasteiger partial charge in [-0.2, -0.15) is 0 Å². The van der Waals surface area contributed by atoms with Gasteiger partial charge in [-0.05, 0) is 25.3 Å². The molecule has 2 aromatic heterocycles. The van der Waals surface area contributed by atoms with Crippen LogP contribution in [0.2, 0.25) is 0 Å². The lowest BCUT2D eigenvalue weighted by Gasteiger charge is -2.31. The number of aryl methyl sites for hydroxylation is 1. The van der Waals surface area contributed by atoms with E-state index in [2.05, 4.69) is 9.97 Å². The molecule has 5 rings (SSSR count). The summed E-state index contributed by atoms with van der Waals surface area (Å²) >= 11 is 1.50. The average Bonchev–Trinajstić information content (AvgIpc) is 3.21. The first-order valence-corrected chi connectivity index (χ1v) is 9.75. The number of hydrogen-bond acceptors (Lipinski definition) is 4. The molecule has 1 atom stereocenters. The highest BCUT2D eigenvalue weighted by atomic mass is 32.1. The monoisotopic (exact) mass is 370 g/mol. The zero-order chi connectivity index (χ0) is 17.8. The largest absolute Gasteiger partial charge is 0.375 e. The summed E-state index contributed by atoms with van der Waals surface area (Å²) in [6.07, 6.45) is 3.48. The van der Waals surface area contributed by atoms with Gasteiger partial charge in [0.2, 0.25) is 5.91 Å². The van der Waals surface area contributed by atoms with E-state index in [4.69, 9.17) is 5.73 Å². The van der Waals surface area contributed by atoms with Crippen LogP contribution in [0.25, 0.3) is 10.9 Å². The molecule has 1 aliphatic carbocycles. The molecule has 134 valence electrons. The number of H-pyrrole nitrogens is 1. The van der Waals surface area contributed by atoms with Gasteiger partial charge < -0.3 is 15.6 Å². The number of carbonyl (C=O) groups excluding carboxylic acids is 1. The minimum atomic E-state index is -0.246. The molecule has 0 radical (unpaired) electrons. The molecule has 1 unspecified atom stereocenters. The van der Waals surface area contributed by atoms with Gasteiger partial charge >= 0.3 is 0 Å². The minimum Gasteiger partial charge on any atom is -0.375 e. The van der Waals surface area contributed by atoms with E-state index in [-0.39, 0.29) is 17.6 Å². The van der Waals surface area contributed by atoms with Crippen LogP contribution < -0.4 is 5.73 Å². The summed E-state index contributed by atoms with van der Waals surface area (Å²) in [5.74, 6) is -0.326. The topological polar surface area (TPSA) is 75.0 Å². The highest BCUT2D eigenvalue weighted by Crippen LogP contribution is 2.38. The number of rotatable bonds is 1. The van der Waals surface area contributed by atoms with Crippen LogP contribution in [0.3, 0.4) is 0 Å². The van der Waals surface area contributed by atoms with Gasteiger partial charge in [-0.1, -0.05) is 12.1 Å². The third-order valence-electron chi connectivity index (χ3n) is 5.54. The van der Waals surface area contributed by atoms with Crippen LogP contribution in [-0.4, -0.2) is 27.3 Å². The first kappa shape index (κ1) is 15.8. The third-order valence-corrected chi connectivity index (χ3v) is 6.50. The number of nitrogens with two attached hydrogens (primary N) is 1. The number of nitrogens with one attached hydrogen (secondary N) is 1. The Morgan fingerprint density at radius 1 is 1.38 bits per heavy atom. The molecule has 0 spiro atoms. The van der Waals surface area contributed by atoms with Crippen LogP contribution in [0.1, 0.15) is 40.6 Å². The van der Waals surface area contributed by atoms with Gasteiger partial charge in [-0.3, -0.25) is 4.79 Å². The summed E-state index contributed by atoms with van der Waals surface area (Å²) in [6, 6.07) is 5.10. The van der Waals surface area contributed by atoms with Gasteiger partial charge in [0.05, 0.1) is 17.1 Å². The van der Waals surface area contributed by atoms with Gasteiger partial charge in [0.25, 0.3) is 0 Å². The Morgan fingerprint density at radius 2 is 2.27 bits per heavy atom. The lowest BCUT2D eigenvalue weighted by Crippen LogP contribution is -2.39. The summed E-state index contributed by atoms with van der Waals surface area (Å²) in [4.78, 5) is 23.9. The third kappa shape index (κ3) is 2.34. The molecule has 0 bridgehead atoms. The molecule has 7 heteroatoms. The molecule has 5 nitrogen and oxygen atoms in total. The van der Waals surface area contributed by atoms with E-state index < -0.39 is 0 Å². The smallest absolute Gasteiger partial charge is 0.232 e. The lowest BCUT2D eigenvalue weighted by atomic mass is 9.89. The second kappa shape index (κ2) is 5.81. The van der Waals surface area contributed by atoms with Crippen molar-refractivity contribution in [3.63, 3.8) is 0 Å². The van der Waals surface area contributed by atoms with Crippen molar-refractivity contribution >= 4 is 33.3 Å². The Kier molecular flexibility index (Phi) is 3.53. The number of benzene rings is 1. The van der Waals surface area contributed by atoms with Gasteiger partial charge in [-0.25, -0.2) is 9.37 Å². The van der Waals surface area contributed by atoms with Crippen LogP contribution in [0.15, 0.2) is 18.2 Å². The fourth-order valence-corrected chi connectivity index (χ4v) is 5.22. The maximum Gasteiger partial charge on any atom is 0.232 e. The second-order valence-corrected chi connectivity index (χ2v) is 8.17. The molecular formula is C19H19FN4OS. The van der Waals surface area contributed by atoms with E-state index in [0.29, 0.717) is 30.2 Å². The number of para-hydroxylation sites is 1. The number of fused-ring (bicyclic) bond motifs is 4. The van der Waals surface area contributed by atoms with Crippen molar-refractivity contribution in [2.75, 3.05) is 12.3 Å². The predicted molar refractivity (Wildman–Crippen MR) is 99.6 cm³/mol. The van der Waals surface area contributed by atoms with Crippen molar-refractivity contribution < 1.29 is 9.18 Å². The van der Waals surface area contributed by atoms with E-state index in [1.54, 1.807) is 6.07 Å². The Balaban J connectivity index is 1.47. The maximum atomic E-state index is 14.1. The van der Waals surface area contributed by atoms with E-state index in [1.807, 2.05) is 11.0 Å². The fraction of sp³-hybridized carbons (Fsp3) is 0.368. The van der Waals surface area contributed by atoms with Gasteiger partial charge in [-0.15, -0.1) is 11.3 Å². The molecule has 26 heavy (non-hydrogen) atoms. The van der Waals surface area contributed by atoms with Crippen molar-refractivity contribution in [2.45, 2.75) is 38.1 Å². The highest BCUT2D eigenvalue weighted by molar-refractivity contribution is 7.15. The first-order valence-electron chi connectivity index (χ1n) is 8.93. The van der Waals surface area contributed by atoms with Crippen LogP contribution in [0, 0.1) is 5.82 Å². The van der Waals surface area contributed by atoms with E-state index in [1.165, 1.54) is 17.4 Å². The molecular weight excluding hydrogens is 351 g/mol. The molecule has 1 aliphatic heterocycles. The van der Waals surface area contributed by atoms with Crippen LogP contribution in [0.5, 0.6) is 0 Å². The van der Waals surface area contributed by atoms with E-state index in [9.17, 15) is 9.18 Å². The SMILES string of the molecule is Nc1nc2c(s1)CCCC2C(=O)N1CCc2[nH]c3c(F)cccc3c2C1. The maximum absolute atomic E-state index is 14.1. The van der Waals surface area contributed by atoms with E-state index >= 15 is 0 Å². The van der Waals surface area contributed by atoms with Gasteiger partial charge in [0.15, 0.2) is 5.13 Å². The molecule has 3 N–H and O–H groups in total. The number of halogens is 1. The number of anilines is 1. The Morgan fingerprint density at radius 3 is 3.15 bits per heavy atom. The lowest BCUT2D eigenvalue weighted by molar-refractivity contribution is -0.134. The van der Waals surface area contributed by atoms with Crippen molar-refractivity contribution in [1.29, 1.82) is 0 Å². The van der Waals surface area contributed by atoms with E-state index in [0.717, 1.165) is 46.5 Å². The number of amides is 1. The number of hydrogen-bond donors (Lipinski definition) is 2. The number of nitrogens with zero attached hydrogens (tertiary/aromatic N) is 2. The van der Waals surface area contributed by atoms with Crippen LogP contribution in [0.4, 0.5) is 9.52 Å². The number of nitrogen functional groups attached to an aromatic ring is 1.